The average Bonchev–Trinajstić information content (AvgIpc) is 1.98. The third kappa shape index (κ3) is 6.41. The van der Waals surface area contributed by atoms with Crippen LogP contribution in [-0.2, 0) is 0 Å². The Hall–Kier alpha value is 0.290. The molecule has 0 bridgehead atoms. The maximum absolute atomic E-state index is 5.93. The van der Waals surface area contributed by atoms with E-state index < -0.39 is 0 Å². The van der Waals surface area contributed by atoms with Crippen molar-refractivity contribution in [1.82, 2.24) is 0 Å². The monoisotopic (exact) mass is 161 g/mol. The highest BCUT2D eigenvalue weighted by Crippen LogP contribution is 2.12. The molecule has 0 aromatic carbocycles. The van der Waals surface area contributed by atoms with Gasteiger partial charge >= 0.3 is 0 Å². The van der Waals surface area contributed by atoms with Gasteiger partial charge in [-0.15, -0.1) is 11.6 Å². The van der Waals surface area contributed by atoms with Gasteiger partial charge in [0, 0.05) is 5.38 Å². The van der Waals surface area contributed by atoms with E-state index in [4.69, 9.17) is 11.6 Å². The zero-order valence-electron chi connectivity index (χ0n) is 6.91. The third-order valence-corrected chi connectivity index (χ3v) is 2.24. The Balaban J connectivity index is 2.89. The number of halogens is 1. The molecule has 0 saturated carbocycles. The van der Waals surface area contributed by atoms with Crippen LogP contribution in [0.3, 0.4) is 0 Å². The number of hydrogen-bond acceptors (Lipinski definition) is 0. The molecule has 0 aliphatic rings. The van der Waals surface area contributed by atoms with E-state index in [2.05, 4.69) is 13.8 Å². The van der Waals surface area contributed by atoms with E-state index in [9.17, 15) is 0 Å². The van der Waals surface area contributed by atoms with Crippen molar-refractivity contribution in [3.63, 3.8) is 0 Å². The van der Waals surface area contributed by atoms with E-state index >= 15 is 0 Å². The van der Waals surface area contributed by atoms with E-state index in [1.807, 2.05) is 0 Å². The van der Waals surface area contributed by atoms with Crippen molar-refractivity contribution in [2.45, 2.75) is 50.8 Å². The summed E-state index contributed by atoms with van der Waals surface area (Å²) >= 11 is 5.93. The lowest BCUT2D eigenvalue weighted by Gasteiger charge is -2.04. The van der Waals surface area contributed by atoms with Crippen LogP contribution in [0.2, 0.25) is 0 Å². The standard InChI is InChI=1S/C9H18Cl/c1-3-5-6-7-8-9(10)4-2/h9H,1,3-8H2,2H3. The van der Waals surface area contributed by atoms with Crippen LogP contribution in [0.15, 0.2) is 0 Å². The summed E-state index contributed by atoms with van der Waals surface area (Å²) in [5.74, 6) is 0. The van der Waals surface area contributed by atoms with E-state index in [-0.39, 0.29) is 0 Å². The van der Waals surface area contributed by atoms with E-state index in [1.54, 1.807) is 0 Å². The highest BCUT2D eigenvalue weighted by Gasteiger charge is 1.98. The van der Waals surface area contributed by atoms with Gasteiger partial charge in [-0.25, -0.2) is 0 Å². The van der Waals surface area contributed by atoms with Gasteiger partial charge in [-0.05, 0) is 12.8 Å². The first-order valence-electron chi connectivity index (χ1n) is 4.24. The fourth-order valence-electron chi connectivity index (χ4n) is 0.924. The Labute approximate surface area is 70.0 Å². The second-order valence-corrected chi connectivity index (χ2v) is 3.33. The Morgan fingerprint density at radius 2 is 2.00 bits per heavy atom. The van der Waals surface area contributed by atoms with Gasteiger partial charge in [0.25, 0.3) is 0 Å². The molecule has 0 N–H and O–H groups in total. The second kappa shape index (κ2) is 7.40. The van der Waals surface area contributed by atoms with Crippen molar-refractivity contribution in [1.29, 1.82) is 0 Å². The number of unbranched alkanes of at least 4 members (excludes halogenated alkanes) is 3. The second-order valence-electron chi connectivity index (χ2n) is 2.71. The summed E-state index contributed by atoms with van der Waals surface area (Å²) < 4.78 is 0. The molecule has 0 aliphatic carbocycles. The summed E-state index contributed by atoms with van der Waals surface area (Å²) in [7, 11) is 0. The molecule has 1 heteroatoms. The van der Waals surface area contributed by atoms with Crippen LogP contribution in [0.5, 0.6) is 0 Å². The topological polar surface area (TPSA) is 0 Å². The Morgan fingerprint density at radius 1 is 1.30 bits per heavy atom. The molecule has 0 heterocycles. The van der Waals surface area contributed by atoms with Crippen LogP contribution in [0.4, 0.5) is 0 Å². The molecular formula is C9H18Cl. The van der Waals surface area contributed by atoms with Crippen molar-refractivity contribution in [3.8, 4) is 0 Å². The van der Waals surface area contributed by atoms with Crippen LogP contribution in [0.25, 0.3) is 0 Å². The van der Waals surface area contributed by atoms with Crippen molar-refractivity contribution >= 4 is 11.6 Å². The molecule has 0 aromatic rings. The minimum Gasteiger partial charge on any atom is -0.123 e. The van der Waals surface area contributed by atoms with E-state index in [0.717, 1.165) is 12.8 Å². The zero-order valence-corrected chi connectivity index (χ0v) is 7.66. The van der Waals surface area contributed by atoms with Gasteiger partial charge in [0.2, 0.25) is 0 Å². The lowest BCUT2D eigenvalue weighted by atomic mass is 10.1. The summed E-state index contributed by atoms with van der Waals surface area (Å²) in [5, 5.41) is 0.407. The normalized spacial score (nSPS) is 13.5. The van der Waals surface area contributed by atoms with Crippen molar-refractivity contribution in [2.24, 2.45) is 0 Å². The maximum atomic E-state index is 5.93. The molecule has 0 fully saturated rings. The largest absolute Gasteiger partial charge is 0.123 e. The quantitative estimate of drug-likeness (QED) is 0.411. The fraction of sp³-hybridized carbons (Fsp3) is 0.889. The highest BCUT2D eigenvalue weighted by atomic mass is 35.5. The summed E-state index contributed by atoms with van der Waals surface area (Å²) in [6.45, 7) is 5.93. The minimum absolute atomic E-state index is 0.407. The number of rotatable bonds is 6. The lowest BCUT2D eigenvalue weighted by molar-refractivity contribution is 0.616. The van der Waals surface area contributed by atoms with Crippen LogP contribution in [0, 0.1) is 6.92 Å². The third-order valence-electron chi connectivity index (χ3n) is 1.71. The molecule has 0 saturated heterocycles. The van der Waals surface area contributed by atoms with Crippen LogP contribution in [-0.4, -0.2) is 5.38 Å². The Morgan fingerprint density at radius 3 is 2.50 bits per heavy atom. The maximum Gasteiger partial charge on any atom is 0.0333 e. The molecule has 1 radical (unpaired) electrons. The highest BCUT2D eigenvalue weighted by molar-refractivity contribution is 6.20. The zero-order chi connectivity index (χ0) is 7.82. The predicted octanol–water partition coefficient (Wildman–Crippen LogP) is 3.79. The van der Waals surface area contributed by atoms with Gasteiger partial charge in [0.05, 0.1) is 0 Å². The molecule has 10 heavy (non-hydrogen) atoms. The molecule has 0 rings (SSSR count). The number of hydrogen-bond donors (Lipinski definition) is 0. The Kier molecular flexibility index (Phi) is 7.61. The van der Waals surface area contributed by atoms with Gasteiger partial charge in [-0.1, -0.05) is 39.5 Å². The number of alkyl halides is 1. The molecule has 61 valence electrons. The van der Waals surface area contributed by atoms with Crippen molar-refractivity contribution in [2.75, 3.05) is 0 Å². The SMILES string of the molecule is [CH2]CCCCCC(Cl)CC. The molecule has 0 aliphatic heterocycles. The van der Waals surface area contributed by atoms with Crippen LogP contribution < -0.4 is 0 Å². The summed E-state index contributed by atoms with van der Waals surface area (Å²) in [6.07, 6.45) is 7.18. The lowest BCUT2D eigenvalue weighted by Crippen LogP contribution is -1.94. The van der Waals surface area contributed by atoms with Crippen molar-refractivity contribution < 1.29 is 0 Å². The molecule has 1 atom stereocenters. The molecule has 0 nitrogen and oxygen atoms in total. The molecular weight excluding hydrogens is 144 g/mol. The predicted molar refractivity (Wildman–Crippen MR) is 48.4 cm³/mol. The van der Waals surface area contributed by atoms with Gasteiger partial charge < -0.3 is 0 Å². The molecule has 1 unspecified atom stereocenters. The average molecular weight is 162 g/mol. The van der Waals surface area contributed by atoms with Gasteiger partial charge in [0.15, 0.2) is 0 Å². The summed E-state index contributed by atoms with van der Waals surface area (Å²) in [5.41, 5.74) is 0. The first kappa shape index (κ1) is 10.3. The van der Waals surface area contributed by atoms with Crippen LogP contribution >= 0.6 is 11.6 Å². The first-order chi connectivity index (χ1) is 4.81. The van der Waals surface area contributed by atoms with Crippen molar-refractivity contribution in [3.05, 3.63) is 6.92 Å². The molecule has 0 spiro atoms. The van der Waals surface area contributed by atoms with E-state index in [1.165, 1.54) is 25.7 Å². The van der Waals surface area contributed by atoms with E-state index in [0.29, 0.717) is 5.38 Å². The summed E-state index contributed by atoms with van der Waals surface area (Å²) in [4.78, 5) is 0. The van der Waals surface area contributed by atoms with Gasteiger partial charge in [-0.2, -0.15) is 0 Å². The molecule has 0 amide bonds. The Bertz CT molecular complexity index is 61.7. The van der Waals surface area contributed by atoms with Gasteiger partial charge in [0.1, 0.15) is 0 Å². The van der Waals surface area contributed by atoms with Crippen LogP contribution in [0.1, 0.15) is 45.4 Å². The van der Waals surface area contributed by atoms with Gasteiger partial charge in [-0.3, -0.25) is 0 Å². The summed E-state index contributed by atoms with van der Waals surface area (Å²) in [6, 6.07) is 0. The smallest absolute Gasteiger partial charge is 0.0333 e. The fourth-order valence-corrected chi connectivity index (χ4v) is 1.08. The first-order valence-corrected chi connectivity index (χ1v) is 4.68. The molecule has 0 aromatic heterocycles. The minimum atomic E-state index is 0.407.